The molecular formula is C40H30N2O2. The molecule has 0 radical (unpaired) electrons. The topological polar surface area (TPSA) is 66.0 Å². The van der Waals surface area contributed by atoms with Gasteiger partial charge < -0.3 is 9.47 Å². The normalized spacial score (nSPS) is 10.4. The van der Waals surface area contributed by atoms with E-state index >= 15 is 0 Å². The van der Waals surface area contributed by atoms with Crippen molar-refractivity contribution in [3.8, 4) is 23.6 Å². The minimum Gasteiger partial charge on any atom is -0.497 e. The van der Waals surface area contributed by atoms with Crippen LogP contribution in [0.4, 0.5) is 0 Å². The number of allylic oxidation sites excluding steroid dienone is 3. The number of benzene rings is 5. The largest absolute Gasteiger partial charge is 0.497 e. The van der Waals surface area contributed by atoms with Crippen molar-refractivity contribution in [2.75, 3.05) is 14.2 Å². The van der Waals surface area contributed by atoms with E-state index in [4.69, 9.17) is 9.47 Å². The number of methoxy groups -OCH3 is 2. The lowest BCUT2D eigenvalue weighted by atomic mass is 9.85. The van der Waals surface area contributed by atoms with Gasteiger partial charge in [0, 0.05) is 5.57 Å². The molecule has 0 saturated heterocycles. The Labute approximate surface area is 258 Å². The second kappa shape index (κ2) is 14.2. The zero-order chi connectivity index (χ0) is 30.7. The van der Waals surface area contributed by atoms with Crippen molar-refractivity contribution in [2.45, 2.75) is 0 Å². The molecule has 44 heavy (non-hydrogen) atoms. The Morgan fingerprint density at radius 3 is 1.30 bits per heavy atom. The van der Waals surface area contributed by atoms with Crippen molar-refractivity contribution in [2.24, 2.45) is 0 Å². The van der Waals surface area contributed by atoms with E-state index in [9.17, 15) is 10.5 Å². The summed E-state index contributed by atoms with van der Waals surface area (Å²) < 4.78 is 10.9. The van der Waals surface area contributed by atoms with Crippen molar-refractivity contribution >= 4 is 22.8 Å². The highest BCUT2D eigenvalue weighted by atomic mass is 16.5. The Balaban J connectivity index is 1.65. The fourth-order valence-corrected chi connectivity index (χ4v) is 5.06. The molecule has 4 heteroatoms. The quantitative estimate of drug-likeness (QED) is 0.101. The summed E-state index contributed by atoms with van der Waals surface area (Å²) in [5, 5.41) is 19.2. The molecule has 0 unspecified atom stereocenters. The van der Waals surface area contributed by atoms with Crippen LogP contribution >= 0.6 is 0 Å². The van der Waals surface area contributed by atoms with Crippen LogP contribution in [0.2, 0.25) is 0 Å². The number of rotatable bonds is 9. The van der Waals surface area contributed by atoms with Gasteiger partial charge in [-0.25, -0.2) is 0 Å². The van der Waals surface area contributed by atoms with E-state index in [1.54, 1.807) is 14.2 Å². The monoisotopic (exact) mass is 570 g/mol. The lowest BCUT2D eigenvalue weighted by Crippen LogP contribution is -1.98. The highest BCUT2D eigenvalue weighted by Crippen LogP contribution is 2.38. The third-order valence-electron chi connectivity index (χ3n) is 7.29. The van der Waals surface area contributed by atoms with Crippen molar-refractivity contribution in [3.63, 3.8) is 0 Å². The van der Waals surface area contributed by atoms with Crippen molar-refractivity contribution in [1.82, 2.24) is 0 Å². The minimum atomic E-state index is 0.0713. The second-order valence-corrected chi connectivity index (χ2v) is 9.91. The molecule has 0 atom stereocenters. The Morgan fingerprint density at radius 2 is 0.886 bits per heavy atom. The number of ether oxygens (including phenoxy) is 2. The maximum atomic E-state index is 9.58. The summed E-state index contributed by atoms with van der Waals surface area (Å²) in [6.07, 6.45) is 3.76. The van der Waals surface area contributed by atoms with Crippen LogP contribution in [-0.4, -0.2) is 14.2 Å². The Kier molecular flexibility index (Phi) is 9.48. The van der Waals surface area contributed by atoms with Crippen molar-refractivity contribution in [3.05, 3.63) is 178 Å². The average Bonchev–Trinajstić information content (AvgIpc) is 3.10. The van der Waals surface area contributed by atoms with Crippen LogP contribution in [0, 0.1) is 22.7 Å². The van der Waals surface area contributed by atoms with Crippen LogP contribution in [0.5, 0.6) is 11.5 Å². The zero-order valence-electron chi connectivity index (χ0n) is 24.6. The fraction of sp³-hybridized carbons (Fsp3) is 0.0500. The van der Waals surface area contributed by atoms with Gasteiger partial charge in [0.15, 0.2) is 0 Å². The van der Waals surface area contributed by atoms with Gasteiger partial charge in [0.2, 0.25) is 0 Å². The Morgan fingerprint density at radius 1 is 0.500 bits per heavy atom. The van der Waals surface area contributed by atoms with E-state index in [-0.39, 0.29) is 5.57 Å². The van der Waals surface area contributed by atoms with E-state index in [0.29, 0.717) is 5.57 Å². The molecule has 0 bridgehead atoms. The molecule has 0 aliphatic carbocycles. The van der Waals surface area contributed by atoms with Crippen LogP contribution < -0.4 is 9.47 Å². The van der Waals surface area contributed by atoms with E-state index in [1.165, 1.54) is 0 Å². The smallest absolute Gasteiger partial charge is 0.137 e. The van der Waals surface area contributed by atoms with Crippen LogP contribution in [0.15, 0.2) is 145 Å². The first kappa shape index (κ1) is 29.4. The van der Waals surface area contributed by atoms with Crippen molar-refractivity contribution < 1.29 is 9.47 Å². The van der Waals surface area contributed by atoms with Gasteiger partial charge in [0.25, 0.3) is 0 Å². The number of hydrogen-bond donors (Lipinski definition) is 0. The van der Waals surface area contributed by atoms with Gasteiger partial charge >= 0.3 is 0 Å². The van der Waals surface area contributed by atoms with Crippen LogP contribution in [0.25, 0.3) is 22.8 Å². The zero-order valence-corrected chi connectivity index (χ0v) is 24.6. The molecule has 5 aromatic carbocycles. The lowest BCUT2D eigenvalue weighted by Gasteiger charge is -2.19. The second-order valence-electron chi connectivity index (χ2n) is 9.91. The van der Waals surface area contributed by atoms with Crippen molar-refractivity contribution in [1.29, 1.82) is 10.5 Å². The van der Waals surface area contributed by atoms with Gasteiger partial charge in [-0.15, -0.1) is 0 Å². The van der Waals surface area contributed by atoms with Gasteiger partial charge in [-0.2, -0.15) is 10.5 Å². The molecule has 0 N–H and O–H groups in total. The van der Waals surface area contributed by atoms with Gasteiger partial charge in [0.05, 0.1) is 14.2 Å². The van der Waals surface area contributed by atoms with Crippen LogP contribution in [0.1, 0.15) is 33.4 Å². The number of nitrogens with zero attached hydrogens (tertiary/aromatic N) is 2. The lowest BCUT2D eigenvalue weighted by molar-refractivity contribution is 0.414. The van der Waals surface area contributed by atoms with Crippen LogP contribution in [0.3, 0.4) is 0 Å². The summed E-state index contributed by atoms with van der Waals surface area (Å²) in [6.45, 7) is 0. The standard InChI is InChI=1S/C40H30N2O2/c1-43-36-22-18-33(19-23-36)40(34-20-24-37(44-2)25-21-34)39(31-11-7-4-8-12-31)32-16-13-29(14-17-32)15-26-38(35(27-41)28-42)30-9-5-3-6-10-30/h3-26H,1-2H3/b26-15+. The molecule has 5 aromatic rings. The van der Waals surface area contributed by atoms with Gasteiger partial charge in [0.1, 0.15) is 29.2 Å². The maximum absolute atomic E-state index is 9.58. The highest BCUT2D eigenvalue weighted by molar-refractivity contribution is 6.04. The Hall–Kier alpha value is -6.10. The predicted octanol–water partition coefficient (Wildman–Crippen LogP) is 9.23. The number of hydrogen-bond acceptors (Lipinski definition) is 4. The SMILES string of the molecule is COc1ccc(C(=C(c2ccccc2)c2ccc(/C=C/C(=C(C#N)C#N)c3ccccc3)cc2)c2ccc(OC)cc2)cc1. The Bertz CT molecular complexity index is 1820. The highest BCUT2D eigenvalue weighted by Gasteiger charge is 2.17. The van der Waals surface area contributed by atoms with Gasteiger partial charge in [-0.1, -0.05) is 121 Å². The third kappa shape index (κ3) is 6.68. The summed E-state index contributed by atoms with van der Waals surface area (Å²) >= 11 is 0. The van der Waals surface area contributed by atoms with E-state index in [1.807, 2.05) is 97.1 Å². The summed E-state index contributed by atoms with van der Waals surface area (Å²) in [5.41, 5.74) is 8.81. The summed E-state index contributed by atoms with van der Waals surface area (Å²) in [5.74, 6) is 1.58. The molecule has 0 aromatic heterocycles. The van der Waals surface area contributed by atoms with Gasteiger partial charge in [-0.3, -0.25) is 0 Å². The molecule has 212 valence electrons. The molecule has 0 saturated carbocycles. The number of nitriles is 2. The summed E-state index contributed by atoms with van der Waals surface area (Å²) in [4.78, 5) is 0. The average molecular weight is 571 g/mol. The maximum Gasteiger partial charge on any atom is 0.137 e. The molecular weight excluding hydrogens is 540 g/mol. The molecule has 0 aliphatic heterocycles. The molecule has 5 rings (SSSR count). The molecule has 0 heterocycles. The fourth-order valence-electron chi connectivity index (χ4n) is 5.06. The van der Waals surface area contributed by atoms with Gasteiger partial charge in [-0.05, 0) is 68.8 Å². The summed E-state index contributed by atoms with van der Waals surface area (Å²) in [6, 6.07) is 48.5. The molecule has 0 fully saturated rings. The third-order valence-corrected chi connectivity index (χ3v) is 7.29. The predicted molar refractivity (Wildman–Crippen MR) is 178 cm³/mol. The molecule has 0 amide bonds. The summed E-state index contributed by atoms with van der Waals surface area (Å²) in [7, 11) is 3.33. The van der Waals surface area contributed by atoms with E-state index < -0.39 is 0 Å². The first-order valence-corrected chi connectivity index (χ1v) is 14.1. The first-order chi connectivity index (χ1) is 21.6. The molecule has 4 nitrogen and oxygen atoms in total. The van der Waals surface area contributed by atoms with E-state index in [0.717, 1.165) is 56.0 Å². The van der Waals surface area contributed by atoms with Crippen LogP contribution in [-0.2, 0) is 0 Å². The minimum absolute atomic E-state index is 0.0713. The molecule has 0 spiro atoms. The first-order valence-electron chi connectivity index (χ1n) is 14.1. The van der Waals surface area contributed by atoms with E-state index in [2.05, 4.69) is 60.7 Å². The molecule has 0 aliphatic rings.